The first-order chi connectivity index (χ1) is 12.1. The Hall–Kier alpha value is -2.22. The number of amides is 1. The van der Waals surface area contributed by atoms with Crippen molar-refractivity contribution in [1.29, 1.82) is 0 Å². The van der Waals surface area contributed by atoms with Crippen molar-refractivity contribution in [3.8, 4) is 0 Å². The van der Waals surface area contributed by atoms with Gasteiger partial charge < -0.3 is 13.9 Å². The van der Waals surface area contributed by atoms with E-state index in [2.05, 4.69) is 27.1 Å². The fraction of sp³-hybridized carbons (Fsp3) is 0.647. The number of nitrogens with zero attached hydrogens (tertiary/aromatic N) is 5. The Bertz CT molecular complexity index is 711. The second kappa shape index (κ2) is 7.77. The minimum absolute atomic E-state index is 0.0712. The molecule has 136 valence electrons. The molecule has 1 fully saturated rings. The van der Waals surface area contributed by atoms with Gasteiger partial charge in [0.1, 0.15) is 0 Å². The normalized spacial score (nSPS) is 18.6. The van der Waals surface area contributed by atoms with Crippen molar-refractivity contribution in [3.05, 3.63) is 29.2 Å². The van der Waals surface area contributed by atoms with E-state index >= 15 is 0 Å². The minimum Gasteiger partial charge on any atom is -0.351 e. The van der Waals surface area contributed by atoms with Crippen molar-refractivity contribution in [2.24, 2.45) is 0 Å². The van der Waals surface area contributed by atoms with Crippen molar-refractivity contribution in [2.75, 3.05) is 19.6 Å². The standard InChI is InChI=1S/C17H25N5O3/c1-4-21(11-16-18-13(3)24-20-16)14-6-5-8-22(9-7-14)17(23)15-10-12(2)19-25-15/h10,14H,4-9,11H2,1-3H3/t14-/m1/s1. The Morgan fingerprint density at radius 2 is 2.12 bits per heavy atom. The summed E-state index contributed by atoms with van der Waals surface area (Å²) in [6, 6.07) is 2.10. The van der Waals surface area contributed by atoms with Gasteiger partial charge in [-0.3, -0.25) is 9.69 Å². The average Bonchev–Trinajstić information content (AvgIpc) is 3.13. The Balaban J connectivity index is 1.60. The van der Waals surface area contributed by atoms with Gasteiger partial charge in [-0.25, -0.2) is 0 Å². The molecule has 1 amide bonds. The molecule has 2 aromatic heterocycles. The molecule has 0 aromatic carbocycles. The van der Waals surface area contributed by atoms with Gasteiger partial charge in [-0.2, -0.15) is 4.98 Å². The molecule has 1 atom stereocenters. The van der Waals surface area contributed by atoms with E-state index in [1.54, 1.807) is 13.0 Å². The van der Waals surface area contributed by atoms with Gasteiger partial charge in [-0.1, -0.05) is 17.2 Å². The number of likely N-dealkylation sites (tertiary alicyclic amines) is 1. The molecule has 1 aliphatic heterocycles. The van der Waals surface area contributed by atoms with E-state index in [9.17, 15) is 4.79 Å². The zero-order chi connectivity index (χ0) is 17.8. The van der Waals surface area contributed by atoms with Crippen LogP contribution in [-0.4, -0.2) is 56.7 Å². The molecule has 0 N–H and O–H groups in total. The van der Waals surface area contributed by atoms with E-state index in [4.69, 9.17) is 9.05 Å². The number of carbonyl (C=O) groups excluding carboxylic acids is 1. The number of rotatable bonds is 5. The molecule has 0 radical (unpaired) electrons. The lowest BCUT2D eigenvalue weighted by molar-refractivity contribution is 0.0714. The number of hydrogen-bond acceptors (Lipinski definition) is 7. The van der Waals surface area contributed by atoms with Crippen molar-refractivity contribution >= 4 is 5.91 Å². The van der Waals surface area contributed by atoms with Crippen molar-refractivity contribution < 1.29 is 13.8 Å². The maximum absolute atomic E-state index is 12.6. The molecular formula is C17H25N5O3. The van der Waals surface area contributed by atoms with Gasteiger partial charge in [0.25, 0.3) is 5.91 Å². The summed E-state index contributed by atoms with van der Waals surface area (Å²) in [4.78, 5) is 21.1. The quantitative estimate of drug-likeness (QED) is 0.819. The molecule has 3 rings (SSSR count). The van der Waals surface area contributed by atoms with Gasteiger partial charge in [0.15, 0.2) is 5.82 Å². The fourth-order valence-corrected chi connectivity index (χ4v) is 3.35. The highest BCUT2D eigenvalue weighted by Crippen LogP contribution is 2.20. The second-order valence-electron chi connectivity index (χ2n) is 6.50. The Labute approximate surface area is 147 Å². The van der Waals surface area contributed by atoms with Crippen LogP contribution in [0.3, 0.4) is 0 Å². The predicted molar refractivity (Wildman–Crippen MR) is 89.9 cm³/mol. The molecule has 8 nitrogen and oxygen atoms in total. The van der Waals surface area contributed by atoms with Crippen LogP contribution in [0, 0.1) is 13.8 Å². The van der Waals surface area contributed by atoms with Crippen molar-refractivity contribution in [1.82, 2.24) is 25.1 Å². The highest BCUT2D eigenvalue weighted by molar-refractivity contribution is 5.91. The highest BCUT2D eigenvalue weighted by Gasteiger charge is 2.27. The highest BCUT2D eigenvalue weighted by atomic mass is 16.5. The minimum atomic E-state index is -0.0712. The SMILES string of the molecule is CCN(Cc1noc(C)n1)[C@@H]1CCCN(C(=O)c2cc(C)no2)CC1. The predicted octanol–water partition coefficient (Wildman–Crippen LogP) is 2.19. The molecule has 0 saturated carbocycles. The fourth-order valence-electron chi connectivity index (χ4n) is 3.35. The topological polar surface area (TPSA) is 88.5 Å². The molecule has 1 aliphatic rings. The van der Waals surface area contributed by atoms with Gasteiger partial charge in [-0.15, -0.1) is 0 Å². The molecule has 2 aromatic rings. The van der Waals surface area contributed by atoms with Gasteiger partial charge in [-0.05, 0) is 32.7 Å². The Morgan fingerprint density at radius 3 is 2.76 bits per heavy atom. The number of hydrogen-bond donors (Lipinski definition) is 0. The third-order valence-electron chi connectivity index (χ3n) is 4.66. The maximum Gasteiger partial charge on any atom is 0.292 e. The monoisotopic (exact) mass is 347 g/mol. The van der Waals surface area contributed by atoms with Crippen LogP contribution < -0.4 is 0 Å². The van der Waals surface area contributed by atoms with Crippen LogP contribution in [0.25, 0.3) is 0 Å². The maximum atomic E-state index is 12.6. The average molecular weight is 347 g/mol. The van der Waals surface area contributed by atoms with E-state index in [0.717, 1.165) is 38.0 Å². The van der Waals surface area contributed by atoms with Gasteiger partial charge in [0.05, 0.1) is 12.2 Å². The van der Waals surface area contributed by atoms with Gasteiger partial charge >= 0.3 is 0 Å². The van der Waals surface area contributed by atoms with E-state index in [-0.39, 0.29) is 5.91 Å². The van der Waals surface area contributed by atoms with Crippen LogP contribution in [0.15, 0.2) is 15.1 Å². The largest absolute Gasteiger partial charge is 0.351 e. The lowest BCUT2D eigenvalue weighted by Gasteiger charge is -2.28. The summed E-state index contributed by atoms with van der Waals surface area (Å²) in [6.45, 7) is 8.79. The van der Waals surface area contributed by atoms with E-state index in [1.807, 2.05) is 11.8 Å². The zero-order valence-electron chi connectivity index (χ0n) is 15.1. The molecule has 0 unspecified atom stereocenters. The van der Waals surface area contributed by atoms with Crippen molar-refractivity contribution in [2.45, 2.75) is 52.6 Å². The Kier molecular flexibility index (Phi) is 5.47. The molecule has 3 heterocycles. The van der Waals surface area contributed by atoms with Crippen LogP contribution in [-0.2, 0) is 6.54 Å². The molecule has 0 spiro atoms. The van der Waals surface area contributed by atoms with E-state index < -0.39 is 0 Å². The first kappa shape index (κ1) is 17.6. The summed E-state index contributed by atoms with van der Waals surface area (Å²) in [7, 11) is 0. The summed E-state index contributed by atoms with van der Waals surface area (Å²) in [5, 5.41) is 7.80. The summed E-state index contributed by atoms with van der Waals surface area (Å²) >= 11 is 0. The van der Waals surface area contributed by atoms with Gasteiger partial charge in [0.2, 0.25) is 11.7 Å². The van der Waals surface area contributed by atoms with Gasteiger partial charge in [0, 0.05) is 32.1 Å². The Morgan fingerprint density at radius 1 is 1.28 bits per heavy atom. The summed E-state index contributed by atoms with van der Waals surface area (Å²) in [5.74, 6) is 1.56. The molecule has 25 heavy (non-hydrogen) atoms. The van der Waals surface area contributed by atoms with Crippen LogP contribution >= 0.6 is 0 Å². The van der Waals surface area contributed by atoms with Crippen LogP contribution in [0.5, 0.6) is 0 Å². The smallest absolute Gasteiger partial charge is 0.292 e. The molecular weight excluding hydrogens is 322 g/mol. The lowest BCUT2D eigenvalue weighted by Crippen LogP contribution is -2.37. The first-order valence-corrected chi connectivity index (χ1v) is 8.82. The zero-order valence-corrected chi connectivity index (χ0v) is 15.1. The number of carbonyl (C=O) groups is 1. The molecule has 0 bridgehead atoms. The van der Waals surface area contributed by atoms with Crippen LogP contribution in [0.4, 0.5) is 0 Å². The lowest BCUT2D eigenvalue weighted by atomic mass is 10.1. The first-order valence-electron chi connectivity index (χ1n) is 8.82. The third kappa shape index (κ3) is 4.25. The molecule has 8 heteroatoms. The summed E-state index contributed by atoms with van der Waals surface area (Å²) in [5.41, 5.74) is 0.726. The second-order valence-corrected chi connectivity index (χ2v) is 6.50. The molecule has 1 saturated heterocycles. The van der Waals surface area contributed by atoms with Crippen LogP contribution in [0.1, 0.15) is 54.2 Å². The van der Waals surface area contributed by atoms with Crippen molar-refractivity contribution in [3.63, 3.8) is 0 Å². The van der Waals surface area contributed by atoms with E-state index in [1.165, 1.54) is 0 Å². The third-order valence-corrected chi connectivity index (χ3v) is 4.66. The van der Waals surface area contributed by atoms with Crippen LogP contribution in [0.2, 0.25) is 0 Å². The van der Waals surface area contributed by atoms with E-state index in [0.29, 0.717) is 36.6 Å². The number of aryl methyl sites for hydroxylation is 2. The summed E-state index contributed by atoms with van der Waals surface area (Å²) < 4.78 is 10.2. The molecule has 0 aliphatic carbocycles. The number of aromatic nitrogens is 3. The summed E-state index contributed by atoms with van der Waals surface area (Å²) in [6.07, 6.45) is 2.93.